The number of aliphatic imine (C=N–C) groups is 1. The van der Waals surface area contributed by atoms with Gasteiger partial charge in [0, 0.05) is 24.9 Å². The van der Waals surface area contributed by atoms with Crippen LogP contribution in [0.5, 0.6) is 0 Å². The number of nitrogens with zero attached hydrogens (tertiary/aromatic N) is 2. The van der Waals surface area contributed by atoms with Gasteiger partial charge >= 0.3 is 0 Å². The zero-order chi connectivity index (χ0) is 14.2. The average molecular weight is 280 g/mol. The van der Waals surface area contributed by atoms with Crippen LogP contribution >= 0.6 is 0 Å². The summed E-state index contributed by atoms with van der Waals surface area (Å²) in [6, 6.07) is 6.64. The lowest BCUT2D eigenvalue weighted by molar-refractivity contribution is 0.100. The summed E-state index contributed by atoms with van der Waals surface area (Å²) < 4.78 is 25.8. The van der Waals surface area contributed by atoms with Gasteiger partial charge in [0.15, 0.2) is 11.0 Å². The molecule has 1 atom stereocenters. The van der Waals surface area contributed by atoms with Gasteiger partial charge in [0.25, 0.3) is 10.0 Å². The molecular weight excluding hydrogens is 264 g/mol. The minimum Gasteiger partial charge on any atom is -0.293 e. The molecule has 0 saturated carbocycles. The Balaban J connectivity index is 2.57. The van der Waals surface area contributed by atoms with Crippen LogP contribution in [-0.4, -0.2) is 38.8 Å². The molecule has 0 radical (unpaired) electrons. The third-order valence-electron chi connectivity index (χ3n) is 2.99. The van der Waals surface area contributed by atoms with Crippen molar-refractivity contribution < 1.29 is 13.2 Å². The third-order valence-corrected chi connectivity index (χ3v) is 4.93. The fourth-order valence-corrected chi connectivity index (χ4v) is 3.34. The number of fused-ring (bicyclic) bond motifs is 1. The smallest absolute Gasteiger partial charge is 0.250 e. The predicted octanol–water partition coefficient (Wildman–Crippen LogP) is 1.50. The van der Waals surface area contributed by atoms with E-state index in [1.54, 1.807) is 24.3 Å². The lowest BCUT2D eigenvalue weighted by atomic mass is 10.1. The molecule has 1 aromatic carbocycles. The largest absolute Gasteiger partial charge is 0.293 e. The number of anilines is 1. The fraction of sp³-hybridized carbons (Fsp3) is 0.385. The number of carbonyl (C=O) groups is 1. The maximum atomic E-state index is 12.3. The normalized spacial score (nSPS) is 22.0. The van der Waals surface area contributed by atoms with Crippen LogP contribution in [0.4, 0.5) is 5.69 Å². The van der Waals surface area contributed by atoms with E-state index in [9.17, 15) is 13.2 Å². The first-order valence-corrected chi connectivity index (χ1v) is 7.50. The van der Waals surface area contributed by atoms with Crippen LogP contribution in [0, 0.1) is 0 Å². The highest BCUT2D eigenvalue weighted by molar-refractivity contribution is 7.95. The fourth-order valence-electron chi connectivity index (χ4n) is 1.95. The Bertz CT molecular complexity index is 635. The van der Waals surface area contributed by atoms with Crippen LogP contribution in [0.2, 0.25) is 0 Å². The molecule has 0 bridgehead atoms. The van der Waals surface area contributed by atoms with E-state index < -0.39 is 21.1 Å². The van der Waals surface area contributed by atoms with Crippen LogP contribution in [0.1, 0.15) is 24.2 Å². The minimum atomic E-state index is -3.73. The molecule has 6 heteroatoms. The summed E-state index contributed by atoms with van der Waals surface area (Å²) in [5, 5.41) is -1.23. The Morgan fingerprint density at radius 3 is 2.58 bits per heavy atom. The van der Waals surface area contributed by atoms with Crippen molar-refractivity contribution in [3.05, 3.63) is 29.8 Å². The Morgan fingerprint density at radius 2 is 1.95 bits per heavy atom. The number of carbonyl (C=O) groups excluding carboxylic acids is 1. The Labute approximate surface area is 113 Å². The van der Waals surface area contributed by atoms with Gasteiger partial charge in [0.1, 0.15) is 0 Å². The van der Waals surface area contributed by atoms with Crippen LogP contribution in [0.3, 0.4) is 0 Å². The highest BCUT2D eigenvalue weighted by Crippen LogP contribution is 2.30. The molecule has 1 aliphatic rings. The zero-order valence-electron chi connectivity index (χ0n) is 11.1. The molecule has 5 nitrogen and oxygen atoms in total. The van der Waals surface area contributed by atoms with E-state index in [0.717, 1.165) is 4.31 Å². The lowest BCUT2D eigenvalue weighted by Gasteiger charge is -2.30. The molecule has 1 heterocycles. The molecule has 0 fully saturated rings. The number of sulfonamides is 1. The molecule has 1 aromatic rings. The highest BCUT2D eigenvalue weighted by Gasteiger charge is 2.41. The van der Waals surface area contributed by atoms with Gasteiger partial charge in [0.2, 0.25) is 0 Å². The molecule has 0 amide bonds. The zero-order valence-corrected chi connectivity index (χ0v) is 11.9. The number of hydrogen-bond donors (Lipinski definition) is 0. The number of Topliss-reactive ketones (excluding diaryl/α,β-unsaturated/α-hetero) is 1. The minimum absolute atomic E-state index is 0.0505. The van der Waals surface area contributed by atoms with E-state index in [2.05, 4.69) is 4.99 Å². The Kier molecular flexibility index (Phi) is 3.45. The van der Waals surface area contributed by atoms with Crippen LogP contribution in [0.25, 0.3) is 0 Å². The topological polar surface area (TPSA) is 66.8 Å². The monoisotopic (exact) mass is 280 g/mol. The summed E-state index contributed by atoms with van der Waals surface area (Å²) in [5.74, 6) is -0.418. The average Bonchev–Trinajstić information content (AvgIpc) is 2.36. The van der Waals surface area contributed by atoms with Crippen molar-refractivity contribution in [1.29, 1.82) is 0 Å². The second kappa shape index (κ2) is 4.77. The van der Waals surface area contributed by atoms with Gasteiger partial charge in [-0.25, -0.2) is 8.42 Å². The van der Waals surface area contributed by atoms with E-state index >= 15 is 0 Å². The molecule has 0 N–H and O–H groups in total. The van der Waals surface area contributed by atoms with Gasteiger partial charge in [0.05, 0.1) is 5.69 Å². The van der Waals surface area contributed by atoms with Crippen LogP contribution in [0.15, 0.2) is 29.3 Å². The lowest BCUT2D eigenvalue weighted by Crippen LogP contribution is -2.46. The Hall–Kier alpha value is -1.69. The first kappa shape index (κ1) is 13.7. The summed E-state index contributed by atoms with van der Waals surface area (Å²) in [7, 11) is -2.27. The van der Waals surface area contributed by atoms with Crippen molar-refractivity contribution in [1.82, 2.24) is 0 Å². The summed E-state index contributed by atoms with van der Waals surface area (Å²) >= 11 is 0. The van der Waals surface area contributed by atoms with E-state index in [4.69, 9.17) is 0 Å². The van der Waals surface area contributed by atoms with Gasteiger partial charge in [-0.3, -0.25) is 14.1 Å². The molecule has 1 aliphatic heterocycles. The SMILES string of the molecule is CC(C)N=CC1C(=O)c2ccccc2N(C)S1(=O)=O. The molecule has 0 aromatic heterocycles. The predicted molar refractivity (Wildman–Crippen MR) is 75.5 cm³/mol. The summed E-state index contributed by atoms with van der Waals surface area (Å²) in [6.45, 7) is 3.65. The number of ketones is 1. The highest BCUT2D eigenvalue weighted by atomic mass is 32.2. The van der Waals surface area contributed by atoms with Gasteiger partial charge in [-0.1, -0.05) is 12.1 Å². The maximum Gasteiger partial charge on any atom is 0.250 e. The summed E-state index contributed by atoms with van der Waals surface area (Å²) in [4.78, 5) is 16.3. The van der Waals surface area contributed by atoms with E-state index in [1.807, 2.05) is 13.8 Å². The van der Waals surface area contributed by atoms with Crippen molar-refractivity contribution >= 4 is 27.7 Å². The van der Waals surface area contributed by atoms with E-state index in [0.29, 0.717) is 11.3 Å². The van der Waals surface area contributed by atoms with Crippen LogP contribution in [-0.2, 0) is 10.0 Å². The second-order valence-electron chi connectivity index (χ2n) is 4.71. The molecule has 2 rings (SSSR count). The first-order valence-electron chi connectivity index (χ1n) is 6.00. The summed E-state index contributed by atoms with van der Waals surface area (Å²) in [6.07, 6.45) is 1.24. The van der Waals surface area contributed by atoms with E-state index in [1.165, 1.54) is 13.3 Å². The molecular formula is C13H16N2O3S. The maximum absolute atomic E-state index is 12.3. The van der Waals surface area contributed by atoms with Gasteiger partial charge in [-0.05, 0) is 26.0 Å². The van der Waals surface area contributed by atoms with Crippen molar-refractivity contribution in [3.8, 4) is 0 Å². The van der Waals surface area contributed by atoms with Gasteiger partial charge in [-0.15, -0.1) is 0 Å². The molecule has 0 spiro atoms. The van der Waals surface area contributed by atoms with Crippen molar-refractivity contribution in [2.24, 2.45) is 4.99 Å². The van der Waals surface area contributed by atoms with Crippen molar-refractivity contribution in [2.75, 3.05) is 11.4 Å². The van der Waals surface area contributed by atoms with Crippen molar-refractivity contribution in [3.63, 3.8) is 0 Å². The number of hydrogen-bond acceptors (Lipinski definition) is 4. The molecule has 19 heavy (non-hydrogen) atoms. The van der Waals surface area contributed by atoms with Gasteiger partial charge in [-0.2, -0.15) is 0 Å². The summed E-state index contributed by atoms with van der Waals surface area (Å²) in [5.41, 5.74) is 0.835. The first-order chi connectivity index (χ1) is 8.85. The quantitative estimate of drug-likeness (QED) is 0.771. The molecule has 1 unspecified atom stereocenters. The molecule has 0 aliphatic carbocycles. The Morgan fingerprint density at radius 1 is 1.32 bits per heavy atom. The van der Waals surface area contributed by atoms with Crippen molar-refractivity contribution in [2.45, 2.75) is 25.1 Å². The second-order valence-corrected chi connectivity index (χ2v) is 6.79. The van der Waals surface area contributed by atoms with Crippen LogP contribution < -0.4 is 4.31 Å². The standard InChI is InChI=1S/C13H16N2O3S/c1-9(2)14-8-12-13(16)10-6-4-5-7-11(10)15(3)19(12,17)18/h4-9,12H,1-3H3. The molecule has 0 saturated heterocycles. The molecule has 102 valence electrons. The number of para-hydroxylation sites is 1. The number of benzene rings is 1. The van der Waals surface area contributed by atoms with Gasteiger partial charge < -0.3 is 0 Å². The van der Waals surface area contributed by atoms with E-state index in [-0.39, 0.29) is 6.04 Å². The number of rotatable bonds is 2. The third kappa shape index (κ3) is 2.28.